The molecule has 4 fully saturated rings. The minimum Gasteiger partial charge on any atom is -0.378 e. The maximum atomic E-state index is 15.5. The number of aromatic nitrogens is 3. The average Bonchev–Trinajstić information content (AvgIpc) is 3.60. The normalized spacial score (nSPS) is 24.8. The van der Waals surface area contributed by atoms with E-state index >= 15 is 8.78 Å². The van der Waals surface area contributed by atoms with Gasteiger partial charge in [-0.25, -0.2) is 13.8 Å². The number of fused-ring (bicyclic) bond motifs is 1. The van der Waals surface area contributed by atoms with Gasteiger partial charge in [-0.2, -0.15) is 23.5 Å². The number of hydrogen-bond acceptors (Lipinski definition) is 10. The summed E-state index contributed by atoms with van der Waals surface area (Å²) in [6.45, 7) is 2.84. The predicted octanol–water partition coefficient (Wildman–Crippen LogP) is 5.40. The number of nitrogens with zero attached hydrogens (tertiary/aromatic N) is 7. The number of ether oxygens (including phenoxy) is 1. The Morgan fingerprint density at radius 3 is 2.52 bits per heavy atom. The van der Waals surface area contributed by atoms with Gasteiger partial charge in [-0.1, -0.05) is 12.1 Å². The SMILES string of the molecule is Cn1nc(C2CCC(=O)NC2=O)c2cccc(NC(=O)CN3CCC(CCOC4CCC(N5C(=S)N(c6cnc(C#N)c(C(F)(F)F)c6)C(=O)C5(C)C)CC4)C(F)(F)C3)c21. The Morgan fingerprint density at radius 1 is 1.12 bits per heavy atom. The molecule has 3 aliphatic heterocycles. The van der Waals surface area contributed by atoms with Crippen LogP contribution in [0.25, 0.3) is 10.9 Å². The third kappa shape index (κ3) is 8.31. The van der Waals surface area contributed by atoms with Gasteiger partial charge in [0.25, 0.3) is 11.8 Å². The Balaban J connectivity index is 0.885. The summed E-state index contributed by atoms with van der Waals surface area (Å²) >= 11 is 5.66. The number of carbonyl (C=O) groups excluding carboxylic acids is 4. The number of amides is 4. The second kappa shape index (κ2) is 16.4. The third-order valence-corrected chi connectivity index (χ3v) is 12.4. The van der Waals surface area contributed by atoms with Crippen molar-refractivity contribution in [3.8, 4) is 6.07 Å². The number of imide groups is 1. The maximum Gasteiger partial charge on any atom is 0.419 e. The lowest BCUT2D eigenvalue weighted by molar-refractivity contribution is -0.138. The molecule has 5 heterocycles. The van der Waals surface area contributed by atoms with E-state index in [0.29, 0.717) is 60.5 Å². The van der Waals surface area contributed by atoms with Gasteiger partial charge in [-0.05, 0) is 89.7 Å². The zero-order chi connectivity index (χ0) is 43.3. The molecule has 0 radical (unpaired) electrons. The topological polar surface area (TPSA) is 166 Å². The number of aryl methyl sites for hydroxylation is 1. The van der Waals surface area contributed by atoms with Crippen molar-refractivity contribution in [1.29, 1.82) is 5.26 Å². The Hall–Kier alpha value is -5.13. The number of hydrogen-bond donors (Lipinski definition) is 2. The van der Waals surface area contributed by atoms with E-state index in [-0.39, 0.29) is 67.8 Å². The van der Waals surface area contributed by atoms with Gasteiger partial charge < -0.3 is 15.0 Å². The van der Waals surface area contributed by atoms with Gasteiger partial charge in [0.2, 0.25) is 17.7 Å². The van der Waals surface area contributed by atoms with Gasteiger partial charge in [0.1, 0.15) is 11.6 Å². The van der Waals surface area contributed by atoms with Crippen LogP contribution >= 0.6 is 12.2 Å². The first kappa shape index (κ1) is 43.0. The predicted molar refractivity (Wildman–Crippen MR) is 211 cm³/mol. The Kier molecular flexibility index (Phi) is 11.7. The number of halogens is 5. The van der Waals surface area contributed by atoms with Crippen LogP contribution in [0.5, 0.6) is 0 Å². The first-order chi connectivity index (χ1) is 28.3. The third-order valence-electron chi connectivity index (χ3n) is 12.0. The number of rotatable bonds is 10. The lowest BCUT2D eigenvalue weighted by Crippen LogP contribution is -2.51. The lowest BCUT2D eigenvalue weighted by atomic mass is 9.88. The van der Waals surface area contributed by atoms with Crippen LogP contribution in [0.2, 0.25) is 0 Å². The van der Waals surface area contributed by atoms with E-state index in [1.807, 2.05) is 0 Å². The summed E-state index contributed by atoms with van der Waals surface area (Å²) < 4.78 is 79.6. The molecule has 2 aromatic heterocycles. The molecular formula is C40H44F5N9O5S. The van der Waals surface area contributed by atoms with E-state index < -0.39 is 65.0 Å². The van der Waals surface area contributed by atoms with Crippen molar-refractivity contribution in [2.75, 3.05) is 36.5 Å². The number of benzene rings is 1. The molecule has 0 spiro atoms. The largest absolute Gasteiger partial charge is 0.419 e. The summed E-state index contributed by atoms with van der Waals surface area (Å²) in [6.07, 6.45) is -1.08. The van der Waals surface area contributed by atoms with Gasteiger partial charge >= 0.3 is 6.18 Å². The van der Waals surface area contributed by atoms with Crippen LogP contribution < -0.4 is 15.5 Å². The zero-order valence-electron chi connectivity index (χ0n) is 33.2. The van der Waals surface area contributed by atoms with Crippen LogP contribution in [0.3, 0.4) is 0 Å². The summed E-state index contributed by atoms with van der Waals surface area (Å²) in [6, 6.07) is 7.07. The van der Waals surface area contributed by atoms with Crippen molar-refractivity contribution in [2.24, 2.45) is 13.0 Å². The molecule has 4 amide bonds. The van der Waals surface area contributed by atoms with Crippen LogP contribution in [0.15, 0.2) is 30.5 Å². The number of alkyl halides is 5. The number of nitrogens with one attached hydrogen (secondary N) is 2. The molecule has 14 nitrogen and oxygen atoms in total. The molecule has 2 N–H and O–H groups in total. The summed E-state index contributed by atoms with van der Waals surface area (Å²) in [4.78, 5) is 58.8. The summed E-state index contributed by atoms with van der Waals surface area (Å²) in [5.41, 5.74) is -1.96. The van der Waals surface area contributed by atoms with Crippen molar-refractivity contribution in [2.45, 2.75) is 101 Å². The van der Waals surface area contributed by atoms with E-state index in [9.17, 15) is 32.3 Å². The quantitative estimate of drug-likeness (QED) is 0.152. The van der Waals surface area contributed by atoms with Crippen molar-refractivity contribution in [3.05, 3.63) is 47.4 Å². The molecule has 320 valence electrons. The molecule has 2 unspecified atom stereocenters. The number of thiocarbonyl (C=S) groups is 1. The number of likely N-dealkylation sites (tertiary alicyclic amines) is 1. The van der Waals surface area contributed by atoms with E-state index in [1.165, 1.54) is 11.0 Å². The highest BCUT2D eigenvalue weighted by atomic mass is 32.1. The van der Waals surface area contributed by atoms with Crippen LogP contribution in [-0.4, -0.2) is 103 Å². The highest BCUT2D eigenvalue weighted by molar-refractivity contribution is 7.80. The number of para-hydroxylation sites is 1. The van der Waals surface area contributed by atoms with Crippen LogP contribution in [0.1, 0.15) is 88.1 Å². The molecule has 20 heteroatoms. The summed E-state index contributed by atoms with van der Waals surface area (Å²) in [5, 5.41) is 19.5. The van der Waals surface area contributed by atoms with Crippen LogP contribution in [0, 0.1) is 17.2 Å². The molecule has 3 saturated heterocycles. The van der Waals surface area contributed by atoms with E-state index in [1.54, 1.807) is 48.7 Å². The van der Waals surface area contributed by atoms with Crippen LogP contribution in [0.4, 0.5) is 33.3 Å². The first-order valence-electron chi connectivity index (χ1n) is 19.8. The van der Waals surface area contributed by atoms with Crippen LogP contribution in [-0.2, 0) is 37.1 Å². The molecule has 1 saturated carbocycles. The molecule has 3 aromatic rings. The molecule has 7 rings (SSSR count). The molecule has 60 heavy (non-hydrogen) atoms. The highest BCUT2D eigenvalue weighted by Crippen LogP contribution is 2.41. The number of piperidine rings is 2. The summed E-state index contributed by atoms with van der Waals surface area (Å²) in [5.74, 6) is -6.41. The minimum absolute atomic E-state index is 0.0338. The second-order valence-corrected chi connectivity index (χ2v) is 16.7. The van der Waals surface area contributed by atoms with Gasteiger partial charge in [0, 0.05) is 37.4 Å². The van der Waals surface area contributed by atoms with Gasteiger partial charge in [0.05, 0.1) is 59.5 Å². The maximum absolute atomic E-state index is 15.5. The monoisotopic (exact) mass is 857 g/mol. The molecule has 0 bridgehead atoms. The van der Waals surface area contributed by atoms with E-state index in [4.69, 9.17) is 22.2 Å². The van der Waals surface area contributed by atoms with Crippen molar-refractivity contribution in [1.82, 2.24) is 29.9 Å². The molecule has 2 atom stereocenters. The van der Waals surface area contributed by atoms with Gasteiger partial charge in [-0.3, -0.25) is 39.0 Å². The Labute approximate surface area is 347 Å². The number of anilines is 2. The highest BCUT2D eigenvalue weighted by Gasteiger charge is 2.53. The minimum atomic E-state index is -4.87. The Morgan fingerprint density at radius 2 is 1.85 bits per heavy atom. The van der Waals surface area contributed by atoms with Crippen molar-refractivity contribution >= 4 is 63.2 Å². The fraction of sp³-hybridized carbons (Fsp3) is 0.550. The average molecular weight is 858 g/mol. The lowest BCUT2D eigenvalue weighted by Gasteiger charge is -2.41. The van der Waals surface area contributed by atoms with Crippen molar-refractivity contribution < 1.29 is 45.9 Å². The second-order valence-electron chi connectivity index (χ2n) is 16.4. The fourth-order valence-electron chi connectivity index (χ4n) is 9.00. The van der Waals surface area contributed by atoms with Gasteiger partial charge in [-0.15, -0.1) is 0 Å². The summed E-state index contributed by atoms with van der Waals surface area (Å²) in [7, 11) is 1.68. The fourth-order valence-corrected chi connectivity index (χ4v) is 9.56. The number of nitriles is 1. The van der Waals surface area contributed by atoms with E-state index in [2.05, 4.69) is 20.7 Å². The number of carbonyl (C=O) groups is 4. The molecule has 1 aromatic carbocycles. The zero-order valence-corrected chi connectivity index (χ0v) is 34.0. The smallest absolute Gasteiger partial charge is 0.378 e. The van der Waals surface area contributed by atoms with Gasteiger partial charge in [0.15, 0.2) is 10.8 Å². The molecule has 1 aliphatic carbocycles. The van der Waals surface area contributed by atoms with Crippen molar-refractivity contribution in [3.63, 3.8) is 0 Å². The standard InChI is InChI=1S/C40H44F5N9O5S/c1-38(2)36(58)53(24-17-28(40(43,44)45)30(18-46)47-19-24)37(60)54(38)23-7-9-25(10-8-23)59-16-14-22-13-15-52(21-39(22,41)42)20-32(56)48-29-6-4-5-26-33(50-51(3)34(26)29)27-11-12-31(55)49-35(27)57/h4-6,17,19,22-23,25,27H,7-16,20-21H2,1-3H3,(H,48,56)(H,49,55,57). The molecule has 4 aliphatic rings. The first-order valence-corrected chi connectivity index (χ1v) is 20.2. The number of pyridine rings is 1. The molecular weight excluding hydrogens is 814 g/mol. The van der Waals surface area contributed by atoms with E-state index in [0.717, 1.165) is 11.1 Å². The Bertz CT molecular complexity index is 2270.